The summed E-state index contributed by atoms with van der Waals surface area (Å²) < 4.78 is 33.0. The molecule has 2 atom stereocenters. The number of carbonyl (C=O) groups is 2. The van der Waals surface area contributed by atoms with E-state index in [-0.39, 0.29) is 38.6 Å². The van der Waals surface area contributed by atoms with Crippen LogP contribution in [-0.2, 0) is 32.7 Å². The number of rotatable bonds is 55. The molecule has 10 heteroatoms. The van der Waals surface area contributed by atoms with Crippen molar-refractivity contribution in [3.8, 4) is 0 Å². The van der Waals surface area contributed by atoms with Crippen LogP contribution in [0.2, 0.25) is 0 Å². The van der Waals surface area contributed by atoms with Gasteiger partial charge in [-0.2, -0.15) is 0 Å². The smallest absolute Gasteiger partial charge is 0.462 e. The molecule has 9 nitrogen and oxygen atoms in total. The van der Waals surface area contributed by atoms with Crippen molar-refractivity contribution >= 4 is 19.8 Å². The lowest BCUT2D eigenvalue weighted by atomic mass is 10.0. The molecule has 0 saturated carbocycles. The van der Waals surface area contributed by atoms with Crippen molar-refractivity contribution in [1.29, 1.82) is 0 Å². The topological polar surface area (TPSA) is 134 Å². The Morgan fingerprint density at radius 2 is 0.775 bits per heavy atom. The Morgan fingerprint density at radius 1 is 0.437 bits per heavy atom. The Labute approximate surface area is 437 Å². The van der Waals surface area contributed by atoms with Crippen LogP contribution < -0.4 is 5.73 Å². The summed E-state index contributed by atoms with van der Waals surface area (Å²) in [5.74, 6) is -0.823. The maximum Gasteiger partial charge on any atom is 0.472 e. The second-order valence-electron chi connectivity index (χ2n) is 19.5. The van der Waals surface area contributed by atoms with Gasteiger partial charge < -0.3 is 20.1 Å². The monoisotopic (exact) mass is 1020 g/mol. The SMILES string of the molecule is CC/C=C\C/C=C\C/C=C\C/C=C\C/C=C\CCCCCCCCCCCCCCCCCC(=O)OC(COC(=O)CCCCCCCCCCC/C=C\CCCCCCCC)COP(=O)(O)OCCN. The summed E-state index contributed by atoms with van der Waals surface area (Å²) in [5, 5.41) is 0. The Balaban J connectivity index is 3.94. The minimum Gasteiger partial charge on any atom is -0.462 e. The zero-order valence-electron chi connectivity index (χ0n) is 45.9. The molecule has 0 amide bonds. The average molecular weight is 1020 g/mol. The molecule has 0 bridgehead atoms. The van der Waals surface area contributed by atoms with Gasteiger partial charge in [0, 0.05) is 19.4 Å². The molecule has 0 radical (unpaired) electrons. The quantitative estimate of drug-likeness (QED) is 0.0264. The zero-order chi connectivity index (χ0) is 51.7. The lowest BCUT2D eigenvalue weighted by Gasteiger charge is -2.19. The molecule has 0 heterocycles. The van der Waals surface area contributed by atoms with E-state index in [9.17, 15) is 19.0 Å². The first-order chi connectivity index (χ1) is 34.8. The van der Waals surface area contributed by atoms with Gasteiger partial charge in [0.2, 0.25) is 0 Å². The van der Waals surface area contributed by atoms with E-state index in [4.69, 9.17) is 24.3 Å². The van der Waals surface area contributed by atoms with Gasteiger partial charge in [-0.1, -0.05) is 247 Å². The summed E-state index contributed by atoms with van der Waals surface area (Å²) in [6, 6.07) is 0. The number of ether oxygens (including phenoxy) is 2. The minimum absolute atomic E-state index is 0.0520. The largest absolute Gasteiger partial charge is 0.472 e. The van der Waals surface area contributed by atoms with E-state index in [1.54, 1.807) is 0 Å². The summed E-state index contributed by atoms with van der Waals surface area (Å²) in [7, 11) is -4.39. The Hall–Kier alpha value is -2.55. The van der Waals surface area contributed by atoms with E-state index in [2.05, 4.69) is 86.8 Å². The third-order valence-electron chi connectivity index (χ3n) is 12.6. The number of hydrogen-bond acceptors (Lipinski definition) is 8. The maximum absolute atomic E-state index is 12.7. The van der Waals surface area contributed by atoms with Gasteiger partial charge in [0.15, 0.2) is 6.10 Å². The van der Waals surface area contributed by atoms with Crippen LogP contribution in [0, 0.1) is 0 Å². The van der Waals surface area contributed by atoms with Crippen molar-refractivity contribution in [2.24, 2.45) is 5.73 Å². The Kier molecular flexibility index (Phi) is 54.7. The summed E-state index contributed by atoms with van der Waals surface area (Å²) in [5.41, 5.74) is 5.38. The molecule has 2 unspecified atom stereocenters. The fraction of sp³-hybridized carbons (Fsp3) is 0.770. The maximum atomic E-state index is 12.7. The van der Waals surface area contributed by atoms with Crippen molar-refractivity contribution in [2.75, 3.05) is 26.4 Å². The Morgan fingerprint density at radius 3 is 1.17 bits per heavy atom. The van der Waals surface area contributed by atoms with Gasteiger partial charge in [-0.15, -0.1) is 0 Å². The molecule has 0 rings (SSSR count). The van der Waals surface area contributed by atoms with Crippen LogP contribution in [0.25, 0.3) is 0 Å². The van der Waals surface area contributed by atoms with Crippen LogP contribution in [0.15, 0.2) is 72.9 Å². The number of nitrogens with two attached hydrogens (primary N) is 1. The minimum atomic E-state index is -4.39. The Bertz CT molecular complexity index is 1390. The van der Waals surface area contributed by atoms with E-state index in [0.29, 0.717) is 6.42 Å². The van der Waals surface area contributed by atoms with Gasteiger partial charge in [0.05, 0.1) is 13.2 Å². The number of hydrogen-bond donors (Lipinski definition) is 2. The van der Waals surface area contributed by atoms with Crippen molar-refractivity contribution in [3.63, 3.8) is 0 Å². The lowest BCUT2D eigenvalue weighted by molar-refractivity contribution is -0.161. The van der Waals surface area contributed by atoms with Gasteiger partial charge in [0.1, 0.15) is 6.61 Å². The average Bonchev–Trinajstić information content (AvgIpc) is 3.36. The number of phosphoric ester groups is 1. The summed E-state index contributed by atoms with van der Waals surface area (Å²) in [4.78, 5) is 35.2. The highest BCUT2D eigenvalue weighted by molar-refractivity contribution is 7.47. The van der Waals surface area contributed by atoms with E-state index in [0.717, 1.165) is 70.6 Å². The fourth-order valence-electron chi connectivity index (χ4n) is 8.25. The molecule has 3 N–H and O–H groups in total. The number of allylic oxidation sites excluding steroid dienone is 12. The van der Waals surface area contributed by atoms with Crippen LogP contribution in [-0.4, -0.2) is 49.3 Å². The predicted molar refractivity (Wildman–Crippen MR) is 302 cm³/mol. The van der Waals surface area contributed by atoms with E-state index < -0.39 is 26.5 Å². The number of phosphoric acid groups is 1. The summed E-state index contributed by atoms with van der Waals surface area (Å²) in [6.07, 6.45) is 72.4. The molecule has 0 aromatic carbocycles. The van der Waals surface area contributed by atoms with Gasteiger partial charge >= 0.3 is 19.8 Å². The van der Waals surface area contributed by atoms with Crippen molar-refractivity contribution in [1.82, 2.24) is 0 Å². The molecule has 0 spiro atoms. The fourth-order valence-corrected chi connectivity index (χ4v) is 9.01. The van der Waals surface area contributed by atoms with Gasteiger partial charge in [0.25, 0.3) is 0 Å². The highest BCUT2D eigenvalue weighted by atomic mass is 31.2. The second-order valence-corrected chi connectivity index (χ2v) is 20.9. The molecule has 0 aliphatic rings. The van der Waals surface area contributed by atoms with Crippen molar-refractivity contribution in [2.45, 2.75) is 277 Å². The van der Waals surface area contributed by atoms with Gasteiger partial charge in [-0.3, -0.25) is 18.6 Å². The zero-order valence-corrected chi connectivity index (χ0v) is 46.8. The van der Waals surface area contributed by atoms with Crippen LogP contribution in [0.4, 0.5) is 0 Å². The molecule has 0 aromatic rings. The van der Waals surface area contributed by atoms with Crippen molar-refractivity contribution in [3.05, 3.63) is 72.9 Å². The van der Waals surface area contributed by atoms with Crippen LogP contribution in [0.1, 0.15) is 271 Å². The molecular weight excluding hydrogens is 906 g/mol. The summed E-state index contributed by atoms with van der Waals surface area (Å²) in [6.45, 7) is 3.65. The summed E-state index contributed by atoms with van der Waals surface area (Å²) >= 11 is 0. The van der Waals surface area contributed by atoms with Gasteiger partial charge in [-0.25, -0.2) is 4.57 Å². The molecule has 412 valence electrons. The standard InChI is InChI=1S/C61H110NO8P/c1-3-5-7-9-11-13-15-17-19-21-23-24-25-26-27-28-29-30-31-32-33-34-36-38-40-42-44-46-48-50-52-54-61(64)70-59(58-69-71(65,66)68-56-55-62)57-67-60(63)53-51-49-47-45-43-41-39-37-35-22-20-18-16-14-12-10-8-6-4-2/h5,7,11,13,17-20,23-24,26-27,59H,3-4,6,8-10,12,14-16,21-22,25,28-58,62H2,1-2H3,(H,65,66)/b7-5-,13-11-,19-17-,20-18-,24-23-,27-26-. The third kappa shape index (κ3) is 56.6. The first-order valence-corrected chi connectivity index (χ1v) is 30.9. The first-order valence-electron chi connectivity index (χ1n) is 29.4. The normalized spacial score (nSPS) is 13.6. The molecular formula is C61H110NO8P. The van der Waals surface area contributed by atoms with E-state index in [1.165, 1.54) is 167 Å². The molecule has 0 saturated heterocycles. The van der Waals surface area contributed by atoms with Crippen LogP contribution in [0.5, 0.6) is 0 Å². The molecule has 71 heavy (non-hydrogen) atoms. The van der Waals surface area contributed by atoms with E-state index >= 15 is 0 Å². The first kappa shape index (κ1) is 68.5. The number of esters is 2. The van der Waals surface area contributed by atoms with Crippen LogP contribution >= 0.6 is 7.82 Å². The highest BCUT2D eigenvalue weighted by Gasteiger charge is 2.26. The lowest BCUT2D eigenvalue weighted by Crippen LogP contribution is -2.29. The van der Waals surface area contributed by atoms with E-state index in [1.807, 2.05) is 0 Å². The number of unbranched alkanes of at least 4 members (excludes halogenated alkanes) is 30. The van der Waals surface area contributed by atoms with Gasteiger partial charge in [-0.05, 0) is 83.5 Å². The molecule has 0 fully saturated rings. The van der Waals surface area contributed by atoms with Crippen molar-refractivity contribution < 1.29 is 37.6 Å². The number of carbonyl (C=O) groups excluding carboxylic acids is 2. The van der Waals surface area contributed by atoms with Crippen LogP contribution in [0.3, 0.4) is 0 Å². The predicted octanol–water partition coefficient (Wildman–Crippen LogP) is 18.5. The molecule has 0 aliphatic carbocycles. The molecule has 0 aliphatic heterocycles. The highest BCUT2D eigenvalue weighted by Crippen LogP contribution is 2.43. The third-order valence-corrected chi connectivity index (χ3v) is 13.6. The molecule has 0 aromatic heterocycles. The second kappa shape index (κ2) is 56.7.